The highest BCUT2D eigenvalue weighted by Gasteiger charge is 2.28. The maximum atomic E-state index is 10.5. The van der Waals surface area contributed by atoms with Crippen molar-refractivity contribution in [3.63, 3.8) is 0 Å². The zero-order chi connectivity index (χ0) is 11.2. The summed E-state index contributed by atoms with van der Waals surface area (Å²) in [4.78, 5) is 20.7. The van der Waals surface area contributed by atoms with Crippen LogP contribution in [0, 0.1) is 0 Å². The summed E-state index contributed by atoms with van der Waals surface area (Å²) in [5.74, 6) is -2.70. The Labute approximate surface area is 86.1 Å². The van der Waals surface area contributed by atoms with E-state index in [4.69, 9.17) is 0 Å². The predicted molar refractivity (Wildman–Crippen MR) is 47.2 cm³/mol. The molecule has 0 aliphatic heterocycles. The van der Waals surface area contributed by atoms with Crippen LogP contribution in [0.3, 0.4) is 0 Å². The lowest BCUT2D eigenvalue weighted by molar-refractivity contribution is -0.334. The van der Waals surface area contributed by atoms with Crippen LogP contribution in [0.5, 0.6) is 0 Å². The fourth-order valence-electron chi connectivity index (χ4n) is 1.01. The lowest BCUT2D eigenvalue weighted by Crippen LogP contribution is -2.51. The van der Waals surface area contributed by atoms with Crippen molar-refractivity contribution >= 4 is 23.7 Å². The van der Waals surface area contributed by atoms with Crippen molar-refractivity contribution in [1.82, 2.24) is 0 Å². The maximum absolute atomic E-state index is 10.5. The Morgan fingerprint density at radius 3 is 2.36 bits per heavy atom. The van der Waals surface area contributed by atoms with E-state index in [1.165, 1.54) is 11.8 Å². The molecule has 0 aliphatic rings. The summed E-state index contributed by atoms with van der Waals surface area (Å²) < 4.78 is 0. The van der Waals surface area contributed by atoms with Crippen LogP contribution < -0.4 is 10.2 Å². The molecule has 0 spiro atoms. The number of carboxylic acids is 2. The maximum Gasteiger partial charge on any atom is 0.109 e. The van der Waals surface area contributed by atoms with E-state index in [2.05, 4.69) is 0 Å². The summed E-state index contributed by atoms with van der Waals surface area (Å²) in [6, 6.07) is 0. The van der Waals surface area contributed by atoms with E-state index in [0.717, 1.165) is 0 Å². The molecule has 6 heteroatoms. The molecule has 14 heavy (non-hydrogen) atoms. The molecule has 0 fully saturated rings. The molecule has 0 amide bonds. The first-order valence-electron chi connectivity index (χ1n) is 4.05. The van der Waals surface area contributed by atoms with Gasteiger partial charge in [-0.3, -0.25) is 0 Å². The summed E-state index contributed by atoms with van der Waals surface area (Å²) in [6.45, 7) is 0. The number of hydrogen-bond acceptors (Lipinski definition) is 6. The van der Waals surface area contributed by atoms with Crippen LogP contribution in [0.1, 0.15) is 19.3 Å². The molecule has 1 atom stereocenters. The van der Waals surface area contributed by atoms with E-state index < -0.39 is 24.0 Å². The summed E-state index contributed by atoms with van der Waals surface area (Å²) in [7, 11) is 0. The molecular formula is C8H12O5S-2. The Morgan fingerprint density at radius 1 is 1.43 bits per heavy atom. The topological polar surface area (TPSA) is 100 Å². The van der Waals surface area contributed by atoms with Gasteiger partial charge in [0.05, 0.1) is 5.97 Å². The third-order valence-electron chi connectivity index (χ3n) is 1.76. The smallest absolute Gasteiger partial charge is 0.109 e. The summed E-state index contributed by atoms with van der Waals surface area (Å²) in [5.41, 5.74) is -2.30. The van der Waals surface area contributed by atoms with Gasteiger partial charge in [-0.2, -0.15) is 11.8 Å². The Kier molecular flexibility index (Phi) is 5.56. The molecular weight excluding hydrogens is 208 g/mol. The zero-order valence-corrected chi connectivity index (χ0v) is 8.63. The fourth-order valence-corrected chi connectivity index (χ4v) is 1.44. The van der Waals surface area contributed by atoms with Crippen molar-refractivity contribution in [2.75, 3.05) is 12.0 Å². The van der Waals surface area contributed by atoms with Crippen LogP contribution in [-0.4, -0.2) is 34.7 Å². The van der Waals surface area contributed by atoms with Crippen molar-refractivity contribution in [3.05, 3.63) is 0 Å². The average Bonchev–Trinajstić information content (AvgIpc) is 2.03. The number of hydrogen-bond donors (Lipinski definition) is 1. The number of rotatable bonds is 7. The molecule has 0 heterocycles. The van der Waals surface area contributed by atoms with E-state index in [0.29, 0.717) is 12.2 Å². The molecule has 0 aliphatic carbocycles. The monoisotopic (exact) mass is 220 g/mol. The molecule has 1 N–H and O–H groups in total. The first kappa shape index (κ1) is 13.2. The molecule has 82 valence electrons. The van der Waals surface area contributed by atoms with E-state index in [9.17, 15) is 24.9 Å². The molecule has 0 aromatic carbocycles. The Balaban J connectivity index is 4.24. The van der Waals surface area contributed by atoms with Gasteiger partial charge in [-0.15, -0.1) is 0 Å². The van der Waals surface area contributed by atoms with E-state index in [1.807, 2.05) is 6.26 Å². The van der Waals surface area contributed by atoms with Gasteiger partial charge in [0, 0.05) is 12.4 Å². The van der Waals surface area contributed by atoms with Gasteiger partial charge in [-0.05, 0) is 24.9 Å². The van der Waals surface area contributed by atoms with Crippen LogP contribution in [0.4, 0.5) is 0 Å². The van der Waals surface area contributed by atoms with Crippen molar-refractivity contribution in [1.29, 1.82) is 0 Å². The number of aliphatic carboxylic acids is 2. The van der Waals surface area contributed by atoms with Crippen molar-refractivity contribution < 1.29 is 24.9 Å². The zero-order valence-electron chi connectivity index (χ0n) is 7.82. The Morgan fingerprint density at radius 2 is 2.00 bits per heavy atom. The number of carbonyl (C=O) groups excluding carboxylic acids is 2. The van der Waals surface area contributed by atoms with Crippen LogP contribution in [0.2, 0.25) is 0 Å². The quantitative estimate of drug-likeness (QED) is 0.486. The second-order valence-corrected chi connectivity index (χ2v) is 3.95. The normalized spacial score (nSPS) is 14.7. The number of carbonyl (C=O) groups is 2. The first-order valence-corrected chi connectivity index (χ1v) is 5.44. The highest BCUT2D eigenvalue weighted by atomic mass is 32.2. The molecule has 1 unspecified atom stereocenters. The van der Waals surface area contributed by atoms with Crippen LogP contribution in [0.25, 0.3) is 0 Å². The highest BCUT2D eigenvalue weighted by Crippen LogP contribution is 2.17. The molecule has 0 rings (SSSR count). The lowest BCUT2D eigenvalue weighted by atomic mass is 9.94. The fraction of sp³-hybridized carbons (Fsp3) is 0.750. The second kappa shape index (κ2) is 5.87. The largest absolute Gasteiger partial charge is 0.550 e. The first-order chi connectivity index (χ1) is 6.42. The molecule has 0 radical (unpaired) electrons. The minimum Gasteiger partial charge on any atom is -0.550 e. The van der Waals surface area contributed by atoms with Crippen molar-refractivity contribution in [2.24, 2.45) is 0 Å². The van der Waals surface area contributed by atoms with Crippen molar-refractivity contribution in [2.45, 2.75) is 24.9 Å². The molecule has 0 aromatic heterocycles. The van der Waals surface area contributed by atoms with Gasteiger partial charge in [0.15, 0.2) is 0 Å². The highest BCUT2D eigenvalue weighted by molar-refractivity contribution is 7.98. The van der Waals surface area contributed by atoms with Gasteiger partial charge in [-0.25, -0.2) is 0 Å². The van der Waals surface area contributed by atoms with Crippen LogP contribution in [-0.2, 0) is 9.59 Å². The van der Waals surface area contributed by atoms with E-state index >= 15 is 0 Å². The van der Waals surface area contributed by atoms with Crippen LogP contribution >= 0.6 is 11.8 Å². The number of thioether (sulfide) groups is 1. The number of carboxylic acid groups (broad SMARTS) is 2. The molecule has 0 saturated carbocycles. The molecule has 0 bridgehead atoms. The Hall–Kier alpha value is -0.750. The van der Waals surface area contributed by atoms with Gasteiger partial charge in [0.1, 0.15) is 5.60 Å². The third-order valence-corrected chi connectivity index (χ3v) is 2.45. The summed E-state index contributed by atoms with van der Waals surface area (Å²) in [6.07, 6.45) is 1.18. The molecule has 0 saturated heterocycles. The summed E-state index contributed by atoms with van der Waals surface area (Å²) in [5, 5.41) is 30.1. The Bertz CT molecular complexity index is 218. The SMILES string of the molecule is CSCCCC(O)(CC(=O)[O-])C(=O)[O-]. The standard InChI is InChI=1S/C8H14O5S/c1-14-4-2-3-8(13,7(11)12)5-6(9)10/h13H,2-5H2,1H3,(H,9,10)(H,11,12)/p-2. The van der Waals surface area contributed by atoms with Gasteiger partial charge < -0.3 is 24.9 Å². The van der Waals surface area contributed by atoms with Gasteiger partial charge in [0.2, 0.25) is 0 Å². The van der Waals surface area contributed by atoms with E-state index in [1.54, 1.807) is 0 Å². The van der Waals surface area contributed by atoms with Gasteiger partial charge in [0.25, 0.3) is 0 Å². The minimum atomic E-state index is -2.30. The number of aliphatic hydroxyl groups is 1. The molecule has 5 nitrogen and oxygen atoms in total. The molecule has 0 aromatic rings. The lowest BCUT2D eigenvalue weighted by Gasteiger charge is -2.29. The van der Waals surface area contributed by atoms with Gasteiger partial charge >= 0.3 is 0 Å². The van der Waals surface area contributed by atoms with Crippen molar-refractivity contribution in [3.8, 4) is 0 Å². The van der Waals surface area contributed by atoms with Crippen LogP contribution in [0.15, 0.2) is 0 Å². The van der Waals surface area contributed by atoms with E-state index in [-0.39, 0.29) is 6.42 Å². The summed E-state index contributed by atoms with van der Waals surface area (Å²) >= 11 is 1.49. The average molecular weight is 220 g/mol. The van der Waals surface area contributed by atoms with Gasteiger partial charge in [-0.1, -0.05) is 0 Å². The predicted octanol–water partition coefficient (Wildman–Crippen LogP) is -2.25. The minimum absolute atomic E-state index is 0.135. The second-order valence-electron chi connectivity index (χ2n) is 2.96. The third kappa shape index (κ3) is 4.48.